The van der Waals surface area contributed by atoms with Gasteiger partial charge in [-0.25, -0.2) is 4.68 Å². The summed E-state index contributed by atoms with van der Waals surface area (Å²) in [7, 11) is 3.42. The van der Waals surface area contributed by atoms with Crippen molar-refractivity contribution in [2.45, 2.75) is 26.4 Å². The van der Waals surface area contributed by atoms with Crippen LogP contribution in [0, 0.1) is 13.8 Å². The molecule has 2 rings (SSSR count). The molecule has 2 aromatic rings. The third kappa shape index (κ3) is 3.49. The molecule has 1 atom stereocenters. The highest BCUT2D eigenvalue weighted by atomic mass is 16.5. The molecule has 112 valence electrons. The van der Waals surface area contributed by atoms with Gasteiger partial charge in [0.15, 0.2) is 0 Å². The number of hydrogen-bond acceptors (Lipinski definition) is 4. The SMILES string of the molecule is CNC(Cn1nc(OC)ccc1=O)c1ccc(C)cc1C. The van der Waals surface area contributed by atoms with E-state index in [0.717, 1.165) is 0 Å². The smallest absolute Gasteiger partial charge is 0.267 e. The fourth-order valence-corrected chi connectivity index (χ4v) is 2.40. The van der Waals surface area contributed by atoms with E-state index in [1.165, 1.54) is 34.5 Å². The number of benzene rings is 1. The summed E-state index contributed by atoms with van der Waals surface area (Å²) in [6, 6.07) is 9.38. The van der Waals surface area contributed by atoms with Crippen molar-refractivity contribution < 1.29 is 4.74 Å². The van der Waals surface area contributed by atoms with Crippen LogP contribution >= 0.6 is 0 Å². The average molecular weight is 287 g/mol. The first kappa shape index (κ1) is 15.3. The van der Waals surface area contributed by atoms with Crippen LogP contribution in [0.1, 0.15) is 22.7 Å². The summed E-state index contributed by atoms with van der Waals surface area (Å²) in [5.74, 6) is 0.435. The van der Waals surface area contributed by atoms with E-state index < -0.39 is 0 Å². The van der Waals surface area contributed by atoms with Crippen molar-refractivity contribution in [3.05, 3.63) is 57.4 Å². The molecule has 0 spiro atoms. The van der Waals surface area contributed by atoms with Gasteiger partial charge >= 0.3 is 0 Å². The third-order valence-electron chi connectivity index (χ3n) is 3.56. The quantitative estimate of drug-likeness (QED) is 0.911. The summed E-state index contributed by atoms with van der Waals surface area (Å²) < 4.78 is 6.51. The number of rotatable bonds is 5. The normalized spacial score (nSPS) is 12.2. The number of aryl methyl sites for hydroxylation is 2. The van der Waals surface area contributed by atoms with Gasteiger partial charge in [0, 0.05) is 12.1 Å². The van der Waals surface area contributed by atoms with E-state index in [0.29, 0.717) is 12.4 Å². The Bertz CT molecular complexity index is 679. The van der Waals surface area contributed by atoms with Crippen LogP contribution in [-0.2, 0) is 6.54 Å². The van der Waals surface area contributed by atoms with E-state index in [1.54, 1.807) is 6.07 Å². The van der Waals surface area contributed by atoms with Crippen molar-refractivity contribution in [1.82, 2.24) is 15.1 Å². The predicted molar refractivity (Wildman–Crippen MR) is 82.8 cm³/mol. The van der Waals surface area contributed by atoms with E-state index in [2.05, 4.69) is 42.5 Å². The molecule has 0 saturated heterocycles. The van der Waals surface area contributed by atoms with Gasteiger partial charge in [0.25, 0.3) is 5.56 Å². The second-order valence-electron chi connectivity index (χ2n) is 5.10. The standard InChI is InChI=1S/C16H21N3O2/c1-11-5-6-13(12(2)9-11)14(17-3)10-19-16(20)8-7-15(18-19)21-4/h5-9,14,17H,10H2,1-4H3. The highest BCUT2D eigenvalue weighted by Gasteiger charge is 2.14. The lowest BCUT2D eigenvalue weighted by molar-refractivity contribution is 0.364. The number of methoxy groups -OCH3 is 1. The Kier molecular flexibility index (Phi) is 4.75. The van der Waals surface area contributed by atoms with E-state index >= 15 is 0 Å². The zero-order chi connectivity index (χ0) is 15.4. The minimum absolute atomic E-state index is 0.0166. The van der Waals surface area contributed by atoms with Crippen molar-refractivity contribution in [2.24, 2.45) is 0 Å². The van der Waals surface area contributed by atoms with Gasteiger partial charge in [-0.1, -0.05) is 23.8 Å². The van der Waals surface area contributed by atoms with Gasteiger partial charge in [-0.05, 0) is 32.0 Å². The molecule has 0 aliphatic rings. The van der Waals surface area contributed by atoms with E-state index in [9.17, 15) is 4.79 Å². The van der Waals surface area contributed by atoms with Gasteiger partial charge in [0.1, 0.15) is 0 Å². The van der Waals surface area contributed by atoms with Gasteiger partial charge in [-0.15, -0.1) is 5.10 Å². The van der Waals surface area contributed by atoms with E-state index in [4.69, 9.17) is 4.74 Å². The maximum atomic E-state index is 11.9. The number of nitrogens with zero attached hydrogens (tertiary/aromatic N) is 2. The van der Waals surface area contributed by atoms with Crippen LogP contribution in [0.15, 0.2) is 35.1 Å². The van der Waals surface area contributed by atoms with Crippen molar-refractivity contribution in [1.29, 1.82) is 0 Å². The fraction of sp³-hybridized carbons (Fsp3) is 0.375. The molecule has 5 heteroatoms. The molecule has 21 heavy (non-hydrogen) atoms. The maximum Gasteiger partial charge on any atom is 0.267 e. The van der Waals surface area contributed by atoms with Crippen LogP contribution < -0.4 is 15.6 Å². The van der Waals surface area contributed by atoms with Gasteiger partial charge in [0.05, 0.1) is 19.7 Å². The Labute approximate surface area is 124 Å². The minimum atomic E-state index is -0.138. The largest absolute Gasteiger partial charge is 0.480 e. The predicted octanol–water partition coefficient (Wildman–Crippen LogP) is 1.83. The van der Waals surface area contributed by atoms with Crippen molar-refractivity contribution in [3.63, 3.8) is 0 Å². The lowest BCUT2D eigenvalue weighted by atomic mass is 9.99. The topological polar surface area (TPSA) is 56.1 Å². The minimum Gasteiger partial charge on any atom is -0.480 e. The highest BCUT2D eigenvalue weighted by molar-refractivity contribution is 5.32. The molecular formula is C16H21N3O2. The Morgan fingerprint density at radius 2 is 2.05 bits per heavy atom. The van der Waals surface area contributed by atoms with Gasteiger partial charge in [-0.3, -0.25) is 4.79 Å². The molecule has 1 N–H and O–H groups in total. The molecule has 0 radical (unpaired) electrons. The van der Waals surface area contributed by atoms with Crippen LogP contribution in [0.4, 0.5) is 0 Å². The maximum absolute atomic E-state index is 11.9. The van der Waals surface area contributed by atoms with Crippen LogP contribution in [0.5, 0.6) is 5.88 Å². The van der Waals surface area contributed by atoms with Crippen molar-refractivity contribution in [2.75, 3.05) is 14.2 Å². The second-order valence-corrected chi connectivity index (χ2v) is 5.10. The van der Waals surface area contributed by atoms with E-state index in [-0.39, 0.29) is 11.6 Å². The molecule has 0 fully saturated rings. The Balaban J connectivity index is 2.33. The van der Waals surface area contributed by atoms with Crippen LogP contribution in [-0.4, -0.2) is 23.9 Å². The molecule has 1 unspecified atom stereocenters. The number of ether oxygens (including phenoxy) is 1. The van der Waals surface area contributed by atoms with Gasteiger partial charge < -0.3 is 10.1 Å². The molecule has 0 bridgehead atoms. The average Bonchev–Trinajstić information content (AvgIpc) is 2.47. The number of likely N-dealkylation sites (N-methyl/N-ethyl adjacent to an activating group) is 1. The molecule has 1 aromatic heterocycles. The number of hydrogen-bond donors (Lipinski definition) is 1. The lowest BCUT2D eigenvalue weighted by Crippen LogP contribution is -2.30. The zero-order valence-corrected chi connectivity index (χ0v) is 12.9. The summed E-state index contributed by atoms with van der Waals surface area (Å²) >= 11 is 0. The van der Waals surface area contributed by atoms with Crippen molar-refractivity contribution in [3.8, 4) is 5.88 Å². The first-order valence-electron chi connectivity index (χ1n) is 6.91. The van der Waals surface area contributed by atoms with Gasteiger partial charge in [-0.2, -0.15) is 0 Å². The molecule has 0 saturated carbocycles. The third-order valence-corrected chi connectivity index (χ3v) is 3.56. The number of nitrogens with one attached hydrogen (secondary N) is 1. The molecule has 5 nitrogen and oxygen atoms in total. The molecule has 0 aliphatic carbocycles. The van der Waals surface area contributed by atoms with Crippen LogP contribution in [0.3, 0.4) is 0 Å². The molecule has 1 aromatic carbocycles. The van der Waals surface area contributed by atoms with Crippen molar-refractivity contribution >= 4 is 0 Å². The summed E-state index contributed by atoms with van der Waals surface area (Å²) in [5, 5.41) is 7.44. The first-order valence-corrected chi connectivity index (χ1v) is 6.91. The summed E-state index contributed by atoms with van der Waals surface area (Å²) in [6.45, 7) is 4.60. The first-order chi connectivity index (χ1) is 10.0. The van der Waals surface area contributed by atoms with Crippen LogP contribution in [0.2, 0.25) is 0 Å². The second kappa shape index (κ2) is 6.54. The molecular weight excluding hydrogens is 266 g/mol. The summed E-state index contributed by atoms with van der Waals surface area (Å²) in [5.41, 5.74) is 3.45. The van der Waals surface area contributed by atoms with E-state index in [1.807, 2.05) is 7.05 Å². The fourth-order valence-electron chi connectivity index (χ4n) is 2.40. The Morgan fingerprint density at radius 1 is 1.29 bits per heavy atom. The summed E-state index contributed by atoms with van der Waals surface area (Å²) in [6.07, 6.45) is 0. The monoisotopic (exact) mass is 287 g/mol. The Hall–Kier alpha value is -2.14. The molecule has 0 amide bonds. The Morgan fingerprint density at radius 3 is 2.67 bits per heavy atom. The molecule has 0 aliphatic heterocycles. The highest BCUT2D eigenvalue weighted by Crippen LogP contribution is 2.20. The van der Waals surface area contributed by atoms with Crippen LogP contribution in [0.25, 0.3) is 0 Å². The van der Waals surface area contributed by atoms with Gasteiger partial charge in [0.2, 0.25) is 5.88 Å². The molecule has 1 heterocycles. The lowest BCUT2D eigenvalue weighted by Gasteiger charge is -2.20. The number of aromatic nitrogens is 2. The zero-order valence-electron chi connectivity index (χ0n) is 12.9. The summed E-state index contributed by atoms with van der Waals surface area (Å²) in [4.78, 5) is 11.9.